The van der Waals surface area contributed by atoms with Crippen molar-refractivity contribution in [1.82, 2.24) is 10.6 Å². The average molecular weight is 326 g/mol. The highest BCUT2D eigenvalue weighted by molar-refractivity contribution is 5.99. The Morgan fingerprint density at radius 3 is 2.64 bits per heavy atom. The van der Waals surface area contributed by atoms with Gasteiger partial charge in [0.25, 0.3) is 5.91 Å². The smallest absolute Gasteiger partial charge is 0.251 e. The van der Waals surface area contributed by atoms with Gasteiger partial charge in [-0.2, -0.15) is 0 Å². The van der Waals surface area contributed by atoms with E-state index in [0.29, 0.717) is 11.3 Å². The molecule has 0 saturated carbocycles. The summed E-state index contributed by atoms with van der Waals surface area (Å²) in [4.78, 5) is 24.2. The minimum Gasteiger partial charge on any atom is -0.350 e. The topological polar surface area (TPSA) is 70.2 Å². The Bertz CT molecular complexity index is 540. The zero-order valence-corrected chi connectivity index (χ0v) is 14.0. The summed E-state index contributed by atoms with van der Waals surface area (Å²) in [6, 6.07) is 5.32. The Morgan fingerprint density at radius 2 is 2.05 bits per heavy atom. The number of carbonyl (C=O) groups is 2. The van der Waals surface area contributed by atoms with Crippen LogP contribution in [0, 0.1) is 6.92 Å². The van der Waals surface area contributed by atoms with Crippen LogP contribution in [0.25, 0.3) is 0 Å². The van der Waals surface area contributed by atoms with Crippen LogP contribution in [-0.2, 0) is 4.79 Å². The second-order valence-electron chi connectivity index (χ2n) is 5.80. The highest BCUT2D eigenvalue weighted by atomic mass is 35.5. The predicted octanol–water partition coefficient (Wildman–Crippen LogP) is 2.25. The van der Waals surface area contributed by atoms with Crippen LogP contribution < -0.4 is 16.0 Å². The fraction of sp³-hybridized carbons (Fsp3) is 0.500. The molecule has 1 fully saturated rings. The lowest BCUT2D eigenvalue weighted by molar-refractivity contribution is -0.117. The highest BCUT2D eigenvalue weighted by Gasteiger charge is 2.22. The van der Waals surface area contributed by atoms with Crippen molar-refractivity contribution < 1.29 is 9.59 Å². The Morgan fingerprint density at radius 1 is 1.32 bits per heavy atom. The van der Waals surface area contributed by atoms with Crippen molar-refractivity contribution >= 4 is 29.9 Å². The van der Waals surface area contributed by atoms with Gasteiger partial charge in [0.2, 0.25) is 5.91 Å². The Kier molecular flexibility index (Phi) is 6.84. The normalized spacial score (nSPS) is 17.0. The number of anilines is 1. The summed E-state index contributed by atoms with van der Waals surface area (Å²) < 4.78 is 0. The van der Waals surface area contributed by atoms with Gasteiger partial charge in [-0.3, -0.25) is 9.59 Å². The number of rotatable bonds is 4. The minimum absolute atomic E-state index is 0. The van der Waals surface area contributed by atoms with E-state index in [9.17, 15) is 9.59 Å². The monoisotopic (exact) mass is 325 g/mol. The van der Waals surface area contributed by atoms with Crippen LogP contribution in [0.2, 0.25) is 0 Å². The predicted molar refractivity (Wildman–Crippen MR) is 90.7 cm³/mol. The molecule has 1 aromatic carbocycles. The molecule has 6 heteroatoms. The summed E-state index contributed by atoms with van der Waals surface area (Å²) in [5, 5.41) is 8.94. The molecule has 0 aliphatic carbocycles. The van der Waals surface area contributed by atoms with Crippen LogP contribution in [0.4, 0.5) is 5.69 Å². The summed E-state index contributed by atoms with van der Waals surface area (Å²) in [7, 11) is 0. The van der Waals surface area contributed by atoms with E-state index >= 15 is 0 Å². The van der Waals surface area contributed by atoms with E-state index in [4.69, 9.17) is 0 Å². The first kappa shape index (κ1) is 18.5. The maximum absolute atomic E-state index is 12.2. The molecule has 0 aromatic heterocycles. The zero-order valence-electron chi connectivity index (χ0n) is 13.2. The first-order chi connectivity index (χ1) is 9.97. The van der Waals surface area contributed by atoms with E-state index in [2.05, 4.69) is 16.0 Å². The molecule has 1 aliphatic heterocycles. The molecule has 1 heterocycles. The molecule has 1 unspecified atom stereocenters. The van der Waals surface area contributed by atoms with E-state index in [1.54, 1.807) is 12.1 Å². The number of hydrogen-bond acceptors (Lipinski definition) is 3. The van der Waals surface area contributed by atoms with Gasteiger partial charge in [0.05, 0.1) is 6.04 Å². The molecule has 1 saturated heterocycles. The van der Waals surface area contributed by atoms with Crippen LogP contribution in [0.3, 0.4) is 0 Å². The molecule has 0 radical (unpaired) electrons. The Hall–Kier alpha value is -1.59. The molecule has 2 amide bonds. The largest absolute Gasteiger partial charge is 0.350 e. The fourth-order valence-electron chi connectivity index (χ4n) is 2.37. The van der Waals surface area contributed by atoms with Crippen LogP contribution in [0.15, 0.2) is 18.2 Å². The summed E-state index contributed by atoms with van der Waals surface area (Å²) in [5.74, 6) is -0.156. The second-order valence-corrected chi connectivity index (χ2v) is 5.80. The van der Waals surface area contributed by atoms with Crippen molar-refractivity contribution in [3.05, 3.63) is 29.3 Å². The second kappa shape index (κ2) is 8.15. The third kappa shape index (κ3) is 4.71. The minimum atomic E-state index is -0.127. The highest BCUT2D eigenvalue weighted by Crippen LogP contribution is 2.18. The van der Waals surface area contributed by atoms with Gasteiger partial charge in [0.15, 0.2) is 0 Å². The van der Waals surface area contributed by atoms with E-state index in [0.717, 1.165) is 24.9 Å². The first-order valence-corrected chi connectivity index (χ1v) is 7.43. The number of amides is 2. The van der Waals surface area contributed by atoms with Crippen molar-refractivity contribution in [2.45, 2.75) is 45.7 Å². The van der Waals surface area contributed by atoms with Crippen LogP contribution >= 0.6 is 12.4 Å². The maximum atomic E-state index is 12.2. The number of hydrogen-bond donors (Lipinski definition) is 3. The number of carbonyl (C=O) groups excluding carboxylic acids is 2. The summed E-state index contributed by atoms with van der Waals surface area (Å²) in [6.07, 6.45) is 1.88. The van der Waals surface area contributed by atoms with Gasteiger partial charge >= 0.3 is 0 Å². The summed E-state index contributed by atoms with van der Waals surface area (Å²) in [5.41, 5.74) is 2.21. The zero-order chi connectivity index (χ0) is 15.4. The molecule has 3 N–H and O–H groups in total. The van der Waals surface area contributed by atoms with Gasteiger partial charge in [-0.05, 0) is 57.9 Å². The standard InChI is InChI=1S/C16H23N3O2.ClH/c1-10(2)18-15(20)12-7-6-11(3)14(9-12)19-16(21)13-5-4-8-17-13;/h6-7,9-10,13,17H,4-5,8H2,1-3H3,(H,18,20)(H,19,21);1H. The van der Waals surface area contributed by atoms with Gasteiger partial charge in [-0.25, -0.2) is 0 Å². The van der Waals surface area contributed by atoms with Crippen molar-refractivity contribution in [1.29, 1.82) is 0 Å². The van der Waals surface area contributed by atoms with E-state index in [1.807, 2.05) is 26.8 Å². The molecule has 1 aliphatic rings. The lowest BCUT2D eigenvalue weighted by Gasteiger charge is -2.15. The number of aryl methyl sites for hydroxylation is 1. The maximum Gasteiger partial charge on any atom is 0.251 e. The van der Waals surface area contributed by atoms with Crippen molar-refractivity contribution in [2.75, 3.05) is 11.9 Å². The molecule has 1 atom stereocenters. The third-order valence-corrected chi connectivity index (χ3v) is 3.55. The van der Waals surface area contributed by atoms with Gasteiger partial charge < -0.3 is 16.0 Å². The lowest BCUT2D eigenvalue weighted by atomic mass is 10.1. The van der Waals surface area contributed by atoms with Gasteiger partial charge in [0.1, 0.15) is 0 Å². The number of nitrogens with one attached hydrogen (secondary N) is 3. The fourth-order valence-corrected chi connectivity index (χ4v) is 2.37. The molecule has 5 nitrogen and oxygen atoms in total. The summed E-state index contributed by atoms with van der Waals surface area (Å²) in [6.45, 7) is 6.64. The van der Waals surface area contributed by atoms with Crippen LogP contribution in [0.1, 0.15) is 42.6 Å². The van der Waals surface area contributed by atoms with E-state index < -0.39 is 0 Å². The van der Waals surface area contributed by atoms with Crippen LogP contribution in [0.5, 0.6) is 0 Å². The third-order valence-electron chi connectivity index (χ3n) is 3.55. The van der Waals surface area contributed by atoms with E-state index in [-0.39, 0.29) is 36.3 Å². The van der Waals surface area contributed by atoms with Gasteiger partial charge in [0, 0.05) is 17.3 Å². The number of benzene rings is 1. The van der Waals surface area contributed by atoms with Crippen molar-refractivity contribution in [3.63, 3.8) is 0 Å². The molecule has 0 spiro atoms. The molecular formula is C16H24ClN3O2. The van der Waals surface area contributed by atoms with Crippen LogP contribution in [-0.4, -0.2) is 30.4 Å². The Labute approximate surface area is 137 Å². The van der Waals surface area contributed by atoms with Crippen molar-refractivity contribution in [3.8, 4) is 0 Å². The molecule has 0 bridgehead atoms. The Balaban J connectivity index is 0.00000242. The lowest BCUT2D eigenvalue weighted by Crippen LogP contribution is -2.35. The molecule has 122 valence electrons. The molecule has 2 rings (SSSR count). The molecule has 1 aromatic rings. The van der Waals surface area contributed by atoms with Gasteiger partial charge in [-0.15, -0.1) is 12.4 Å². The molecule has 22 heavy (non-hydrogen) atoms. The first-order valence-electron chi connectivity index (χ1n) is 7.43. The molecular weight excluding hydrogens is 302 g/mol. The quantitative estimate of drug-likeness (QED) is 0.795. The van der Waals surface area contributed by atoms with Gasteiger partial charge in [-0.1, -0.05) is 6.07 Å². The SMILES string of the molecule is Cc1ccc(C(=O)NC(C)C)cc1NC(=O)C1CCCN1.Cl. The van der Waals surface area contributed by atoms with Crippen molar-refractivity contribution in [2.24, 2.45) is 0 Å². The van der Waals surface area contributed by atoms with E-state index in [1.165, 1.54) is 0 Å². The number of halogens is 1. The summed E-state index contributed by atoms with van der Waals surface area (Å²) >= 11 is 0. The average Bonchev–Trinajstić information content (AvgIpc) is 2.94.